The predicted molar refractivity (Wildman–Crippen MR) is 93.6 cm³/mol. The lowest BCUT2D eigenvalue weighted by atomic mass is 10.2. The Labute approximate surface area is 149 Å². The third-order valence-corrected chi connectivity index (χ3v) is 3.37. The fraction of sp³-hybridized carbons (Fsp3) is 0.176. The van der Waals surface area contributed by atoms with E-state index in [0.717, 1.165) is 15.9 Å². The van der Waals surface area contributed by atoms with Gasteiger partial charge in [0.05, 0.1) is 12.8 Å². The van der Waals surface area contributed by atoms with Crippen molar-refractivity contribution in [2.75, 3.05) is 12.3 Å². The number of nitrogen functional groups attached to an aromatic ring is 1. The molecule has 3 rings (SSSR count). The molecule has 134 valence electrons. The van der Waals surface area contributed by atoms with Crippen LogP contribution in [0.5, 0.6) is 11.5 Å². The molecule has 2 aromatic carbocycles. The number of tetrazole rings is 1. The molecule has 0 aliphatic heterocycles. The Balaban J connectivity index is 1.74. The maximum absolute atomic E-state index is 13.0. The number of hydrogen-bond donors (Lipinski definition) is 1. The molecule has 0 unspecified atom stereocenters. The number of hydrogen-bond acceptors (Lipinski definition) is 7. The summed E-state index contributed by atoms with van der Waals surface area (Å²) in [5.74, 6) is 0.958. The molecule has 0 amide bonds. The van der Waals surface area contributed by atoms with Gasteiger partial charge in [0.1, 0.15) is 12.4 Å². The Morgan fingerprint density at radius 3 is 2.65 bits per heavy atom. The van der Waals surface area contributed by atoms with Crippen molar-refractivity contribution in [3.05, 3.63) is 59.4 Å². The van der Waals surface area contributed by atoms with E-state index in [-0.39, 0.29) is 11.8 Å². The van der Waals surface area contributed by atoms with Crippen LogP contribution in [0.2, 0.25) is 0 Å². The largest absolute Gasteiger partial charge is 0.490 e. The minimum Gasteiger partial charge on any atom is -0.490 e. The van der Waals surface area contributed by atoms with Gasteiger partial charge in [-0.1, -0.05) is 22.0 Å². The Bertz CT molecular complexity index is 895. The van der Waals surface area contributed by atoms with E-state index >= 15 is 0 Å². The molecule has 8 nitrogen and oxygen atoms in total. The van der Waals surface area contributed by atoms with Crippen molar-refractivity contribution in [1.29, 1.82) is 0 Å². The summed E-state index contributed by atoms with van der Waals surface area (Å²) in [5.41, 5.74) is 7.17. The first-order chi connectivity index (χ1) is 12.7. The van der Waals surface area contributed by atoms with Crippen LogP contribution in [-0.2, 0) is 6.61 Å². The van der Waals surface area contributed by atoms with Crippen LogP contribution >= 0.6 is 0 Å². The zero-order valence-corrected chi connectivity index (χ0v) is 14.0. The number of benzene rings is 2. The molecule has 9 heteroatoms. The highest BCUT2D eigenvalue weighted by Gasteiger charge is 2.07. The lowest BCUT2D eigenvalue weighted by Crippen LogP contribution is -2.02. The van der Waals surface area contributed by atoms with Crippen LogP contribution in [-0.4, -0.2) is 33.1 Å². The summed E-state index contributed by atoms with van der Waals surface area (Å²) >= 11 is 0. The Morgan fingerprint density at radius 2 is 1.96 bits per heavy atom. The fourth-order valence-corrected chi connectivity index (χ4v) is 2.13. The van der Waals surface area contributed by atoms with Crippen molar-refractivity contribution in [3.63, 3.8) is 0 Å². The van der Waals surface area contributed by atoms with Crippen molar-refractivity contribution in [3.8, 4) is 11.5 Å². The summed E-state index contributed by atoms with van der Waals surface area (Å²) in [6, 6.07) is 11.5. The quantitative estimate of drug-likeness (QED) is 0.652. The standard InChI is InChI=1S/C17H17FN6O2/c1-2-25-16-9-13(10-20-24-17(19)21-22-23-24)5-8-15(16)26-11-12-3-6-14(18)7-4-12/h3-10H,2,11H2,1H3,(H2,19,21,23)/b20-10-. The third-order valence-electron chi connectivity index (χ3n) is 3.37. The first-order valence-corrected chi connectivity index (χ1v) is 7.88. The molecule has 2 N–H and O–H groups in total. The number of anilines is 1. The van der Waals surface area contributed by atoms with Gasteiger partial charge < -0.3 is 15.2 Å². The number of rotatable bonds is 7. The second-order valence-electron chi connectivity index (χ2n) is 5.23. The van der Waals surface area contributed by atoms with E-state index < -0.39 is 0 Å². The Kier molecular flexibility index (Phi) is 5.37. The van der Waals surface area contributed by atoms with Gasteiger partial charge in [-0.05, 0) is 58.8 Å². The van der Waals surface area contributed by atoms with E-state index in [1.165, 1.54) is 12.1 Å². The summed E-state index contributed by atoms with van der Waals surface area (Å²) in [6.45, 7) is 2.66. The van der Waals surface area contributed by atoms with Crippen molar-refractivity contribution < 1.29 is 13.9 Å². The SMILES string of the molecule is CCOc1cc(/C=N\n2nnnc2N)ccc1OCc1ccc(F)cc1. The summed E-state index contributed by atoms with van der Waals surface area (Å²) in [5, 5.41) is 14.6. The van der Waals surface area contributed by atoms with E-state index in [2.05, 4.69) is 20.6 Å². The lowest BCUT2D eigenvalue weighted by molar-refractivity contribution is 0.269. The van der Waals surface area contributed by atoms with E-state index in [1.807, 2.05) is 13.0 Å². The fourth-order valence-electron chi connectivity index (χ4n) is 2.13. The van der Waals surface area contributed by atoms with Gasteiger partial charge in [-0.3, -0.25) is 0 Å². The number of ether oxygens (including phenoxy) is 2. The molecule has 1 aromatic heterocycles. The number of aromatic nitrogens is 4. The summed E-state index contributed by atoms with van der Waals surface area (Å²) < 4.78 is 24.4. The average Bonchev–Trinajstić information content (AvgIpc) is 3.06. The summed E-state index contributed by atoms with van der Waals surface area (Å²) in [4.78, 5) is 1.11. The van der Waals surface area contributed by atoms with E-state index in [1.54, 1.807) is 30.5 Å². The van der Waals surface area contributed by atoms with Gasteiger partial charge in [-0.15, -0.1) is 0 Å². The van der Waals surface area contributed by atoms with Crippen LogP contribution in [0.3, 0.4) is 0 Å². The molecule has 0 aliphatic carbocycles. The molecule has 0 saturated carbocycles. The van der Waals surface area contributed by atoms with Gasteiger partial charge in [0.2, 0.25) is 0 Å². The smallest absolute Gasteiger partial charge is 0.263 e. The topological polar surface area (TPSA) is 100 Å². The predicted octanol–water partition coefficient (Wildman–Crippen LogP) is 2.25. The van der Waals surface area contributed by atoms with Crippen LogP contribution in [0.25, 0.3) is 0 Å². The maximum atomic E-state index is 13.0. The molecule has 0 fully saturated rings. The van der Waals surface area contributed by atoms with Crippen LogP contribution in [0.1, 0.15) is 18.1 Å². The number of nitrogens with two attached hydrogens (primary N) is 1. The van der Waals surface area contributed by atoms with Gasteiger partial charge >= 0.3 is 0 Å². The molecular formula is C17H17FN6O2. The average molecular weight is 356 g/mol. The second kappa shape index (κ2) is 8.06. The molecule has 3 aromatic rings. The van der Waals surface area contributed by atoms with E-state index in [9.17, 15) is 4.39 Å². The Hall–Kier alpha value is -3.49. The van der Waals surface area contributed by atoms with Crippen LogP contribution in [0, 0.1) is 5.82 Å². The van der Waals surface area contributed by atoms with Gasteiger partial charge in [0.15, 0.2) is 11.5 Å². The number of nitrogens with zero attached hydrogens (tertiary/aromatic N) is 5. The van der Waals surface area contributed by atoms with Crippen molar-refractivity contribution >= 4 is 12.2 Å². The van der Waals surface area contributed by atoms with Crippen molar-refractivity contribution in [2.45, 2.75) is 13.5 Å². The van der Waals surface area contributed by atoms with E-state index in [0.29, 0.717) is 24.7 Å². The summed E-state index contributed by atoms with van der Waals surface area (Å²) in [6.07, 6.45) is 1.55. The van der Waals surface area contributed by atoms with E-state index in [4.69, 9.17) is 15.2 Å². The highest BCUT2D eigenvalue weighted by Crippen LogP contribution is 2.29. The minimum atomic E-state index is -0.282. The summed E-state index contributed by atoms with van der Waals surface area (Å²) in [7, 11) is 0. The highest BCUT2D eigenvalue weighted by molar-refractivity contribution is 5.80. The molecule has 0 bridgehead atoms. The Morgan fingerprint density at radius 1 is 1.15 bits per heavy atom. The normalized spacial score (nSPS) is 11.0. The molecular weight excluding hydrogens is 339 g/mol. The third kappa shape index (κ3) is 4.32. The number of halogens is 1. The molecule has 26 heavy (non-hydrogen) atoms. The maximum Gasteiger partial charge on any atom is 0.263 e. The molecule has 0 atom stereocenters. The molecule has 0 saturated heterocycles. The molecule has 0 aliphatic rings. The van der Waals surface area contributed by atoms with Gasteiger partial charge in [-0.25, -0.2) is 4.39 Å². The van der Waals surface area contributed by atoms with Crippen molar-refractivity contribution in [2.24, 2.45) is 5.10 Å². The lowest BCUT2D eigenvalue weighted by Gasteiger charge is -2.12. The zero-order chi connectivity index (χ0) is 18.4. The molecule has 0 spiro atoms. The van der Waals surface area contributed by atoms with Crippen LogP contribution in [0.4, 0.5) is 10.3 Å². The first-order valence-electron chi connectivity index (χ1n) is 7.88. The van der Waals surface area contributed by atoms with Gasteiger partial charge in [-0.2, -0.15) is 5.10 Å². The zero-order valence-electron chi connectivity index (χ0n) is 14.0. The van der Waals surface area contributed by atoms with Crippen LogP contribution < -0.4 is 15.2 Å². The van der Waals surface area contributed by atoms with Crippen LogP contribution in [0.15, 0.2) is 47.6 Å². The molecule has 1 heterocycles. The first kappa shape index (κ1) is 17.3. The minimum absolute atomic E-state index is 0.0885. The molecule has 0 radical (unpaired) electrons. The highest BCUT2D eigenvalue weighted by atomic mass is 19.1. The van der Waals surface area contributed by atoms with Gasteiger partial charge in [0.25, 0.3) is 5.95 Å². The van der Waals surface area contributed by atoms with Crippen molar-refractivity contribution in [1.82, 2.24) is 20.3 Å². The van der Waals surface area contributed by atoms with Gasteiger partial charge in [0, 0.05) is 0 Å². The monoisotopic (exact) mass is 356 g/mol. The second-order valence-corrected chi connectivity index (χ2v) is 5.23.